The van der Waals surface area contributed by atoms with E-state index in [1.807, 2.05) is 11.8 Å². The number of nitrogens with one attached hydrogen (secondary N) is 1. The highest BCUT2D eigenvalue weighted by molar-refractivity contribution is 7.99. The Balaban J connectivity index is 2.25. The van der Waals surface area contributed by atoms with Gasteiger partial charge in [-0.15, -0.1) is 0 Å². The molecule has 1 heterocycles. The van der Waals surface area contributed by atoms with Crippen LogP contribution in [0.25, 0.3) is 0 Å². The highest BCUT2D eigenvalue weighted by Gasteiger charge is 2.07. The fraction of sp³-hybridized carbons (Fsp3) is 0.692. The summed E-state index contributed by atoms with van der Waals surface area (Å²) >= 11 is 3.85. The molecule has 0 spiro atoms. The van der Waals surface area contributed by atoms with Crippen molar-refractivity contribution in [2.45, 2.75) is 39.2 Å². The Labute approximate surface area is 108 Å². The third kappa shape index (κ3) is 5.92. The van der Waals surface area contributed by atoms with Crippen LogP contribution in [-0.2, 0) is 6.42 Å². The largest absolute Gasteiger partial charge is 0.313 e. The van der Waals surface area contributed by atoms with Gasteiger partial charge in [0, 0.05) is 11.8 Å². The van der Waals surface area contributed by atoms with Gasteiger partial charge in [0.2, 0.25) is 0 Å². The molecule has 16 heavy (non-hydrogen) atoms. The van der Waals surface area contributed by atoms with E-state index in [1.165, 1.54) is 36.3 Å². The van der Waals surface area contributed by atoms with Gasteiger partial charge in [-0.1, -0.05) is 13.8 Å². The lowest BCUT2D eigenvalue weighted by Crippen LogP contribution is -2.32. The normalized spacial score (nSPS) is 12.9. The summed E-state index contributed by atoms with van der Waals surface area (Å²) in [6.45, 7) is 5.62. The molecule has 0 saturated heterocycles. The lowest BCUT2D eigenvalue weighted by atomic mass is 10.1. The van der Waals surface area contributed by atoms with Gasteiger partial charge in [-0.3, -0.25) is 0 Å². The Kier molecular flexibility index (Phi) is 7.99. The molecule has 0 aliphatic heterocycles. The molecule has 92 valence electrons. The summed E-state index contributed by atoms with van der Waals surface area (Å²) in [5, 5.41) is 8.09. The fourth-order valence-corrected chi connectivity index (χ4v) is 3.14. The molecular weight excluding hydrogens is 234 g/mol. The summed E-state index contributed by atoms with van der Waals surface area (Å²) in [7, 11) is 0. The summed E-state index contributed by atoms with van der Waals surface area (Å²) in [5.74, 6) is 2.48. The number of thiophene rings is 1. The van der Waals surface area contributed by atoms with Gasteiger partial charge in [0.15, 0.2) is 0 Å². The first-order chi connectivity index (χ1) is 7.86. The molecule has 1 N–H and O–H groups in total. The van der Waals surface area contributed by atoms with Crippen molar-refractivity contribution < 1.29 is 0 Å². The molecule has 1 atom stereocenters. The predicted molar refractivity (Wildman–Crippen MR) is 77.7 cm³/mol. The molecule has 0 bridgehead atoms. The van der Waals surface area contributed by atoms with Gasteiger partial charge in [0.1, 0.15) is 0 Å². The second-order valence-corrected chi connectivity index (χ2v) is 6.08. The van der Waals surface area contributed by atoms with Crippen molar-refractivity contribution >= 4 is 23.1 Å². The van der Waals surface area contributed by atoms with Gasteiger partial charge in [0.25, 0.3) is 0 Å². The highest BCUT2D eigenvalue weighted by Crippen LogP contribution is 2.12. The molecule has 1 nitrogen and oxygen atoms in total. The summed E-state index contributed by atoms with van der Waals surface area (Å²) in [4.78, 5) is 0. The quantitative estimate of drug-likeness (QED) is 0.722. The monoisotopic (exact) mass is 257 g/mol. The van der Waals surface area contributed by atoms with Crippen molar-refractivity contribution in [3.8, 4) is 0 Å². The van der Waals surface area contributed by atoms with E-state index in [1.54, 1.807) is 11.3 Å². The van der Waals surface area contributed by atoms with Gasteiger partial charge < -0.3 is 5.32 Å². The minimum Gasteiger partial charge on any atom is -0.313 e. The average molecular weight is 257 g/mol. The van der Waals surface area contributed by atoms with Gasteiger partial charge in [0.05, 0.1) is 0 Å². The maximum atomic E-state index is 3.65. The standard InChI is InChI=1S/C13H23NS2/c1-3-8-14-13(11-15-4-2)6-5-12-7-9-16-10-12/h7,9-10,13-14H,3-6,8,11H2,1-2H3. The van der Waals surface area contributed by atoms with Crippen molar-refractivity contribution in [2.75, 3.05) is 18.1 Å². The molecule has 0 fully saturated rings. The van der Waals surface area contributed by atoms with E-state index in [2.05, 4.69) is 36.0 Å². The number of hydrogen-bond acceptors (Lipinski definition) is 3. The third-order valence-electron chi connectivity index (χ3n) is 2.57. The van der Waals surface area contributed by atoms with E-state index in [9.17, 15) is 0 Å². The fourth-order valence-electron chi connectivity index (χ4n) is 1.63. The number of hydrogen-bond donors (Lipinski definition) is 1. The smallest absolute Gasteiger partial charge is 0.0161 e. The molecule has 1 unspecified atom stereocenters. The van der Waals surface area contributed by atoms with Crippen LogP contribution in [0.15, 0.2) is 16.8 Å². The maximum Gasteiger partial charge on any atom is 0.0161 e. The topological polar surface area (TPSA) is 12.0 Å². The summed E-state index contributed by atoms with van der Waals surface area (Å²) in [6, 6.07) is 2.93. The summed E-state index contributed by atoms with van der Waals surface area (Å²) < 4.78 is 0. The number of rotatable bonds is 9. The van der Waals surface area contributed by atoms with E-state index >= 15 is 0 Å². The van der Waals surface area contributed by atoms with Crippen LogP contribution >= 0.6 is 23.1 Å². The van der Waals surface area contributed by atoms with Crippen LogP contribution in [0.2, 0.25) is 0 Å². The second-order valence-electron chi connectivity index (χ2n) is 3.98. The van der Waals surface area contributed by atoms with Gasteiger partial charge in [-0.2, -0.15) is 23.1 Å². The first-order valence-electron chi connectivity index (χ1n) is 6.19. The zero-order valence-electron chi connectivity index (χ0n) is 10.4. The van der Waals surface area contributed by atoms with E-state index in [4.69, 9.17) is 0 Å². The Bertz CT molecular complexity index is 238. The molecule has 1 aromatic rings. The van der Waals surface area contributed by atoms with Gasteiger partial charge in [-0.05, 0) is 54.0 Å². The minimum atomic E-state index is 0.685. The molecule has 0 aliphatic rings. The first-order valence-corrected chi connectivity index (χ1v) is 8.28. The Morgan fingerprint density at radius 1 is 1.44 bits per heavy atom. The summed E-state index contributed by atoms with van der Waals surface area (Å²) in [5.41, 5.74) is 1.50. The SMILES string of the molecule is CCCNC(CCc1ccsc1)CSCC. The van der Waals surface area contributed by atoms with Crippen LogP contribution in [0, 0.1) is 0 Å². The Morgan fingerprint density at radius 3 is 2.94 bits per heavy atom. The molecule has 0 aliphatic carbocycles. The highest BCUT2D eigenvalue weighted by atomic mass is 32.2. The number of thioether (sulfide) groups is 1. The molecule has 3 heteroatoms. The van der Waals surface area contributed by atoms with Crippen LogP contribution < -0.4 is 5.32 Å². The minimum absolute atomic E-state index is 0.685. The third-order valence-corrected chi connectivity index (χ3v) is 4.35. The van der Waals surface area contributed by atoms with E-state index < -0.39 is 0 Å². The van der Waals surface area contributed by atoms with Crippen molar-refractivity contribution in [1.82, 2.24) is 5.32 Å². The maximum absolute atomic E-state index is 3.65. The molecule has 0 radical (unpaired) electrons. The van der Waals surface area contributed by atoms with Crippen LogP contribution in [0.1, 0.15) is 32.3 Å². The predicted octanol–water partition coefficient (Wildman–Crippen LogP) is 3.80. The van der Waals surface area contributed by atoms with Gasteiger partial charge in [-0.25, -0.2) is 0 Å². The van der Waals surface area contributed by atoms with E-state index in [0.717, 1.165) is 6.54 Å². The van der Waals surface area contributed by atoms with Crippen LogP contribution in [0.5, 0.6) is 0 Å². The lowest BCUT2D eigenvalue weighted by Gasteiger charge is -2.17. The van der Waals surface area contributed by atoms with E-state index in [0.29, 0.717) is 6.04 Å². The lowest BCUT2D eigenvalue weighted by molar-refractivity contribution is 0.520. The molecule has 0 saturated carbocycles. The Morgan fingerprint density at radius 2 is 2.31 bits per heavy atom. The molecular formula is C13H23NS2. The zero-order chi connectivity index (χ0) is 11.6. The molecule has 1 aromatic heterocycles. The second kappa shape index (κ2) is 9.08. The van der Waals surface area contributed by atoms with Crippen molar-refractivity contribution in [3.63, 3.8) is 0 Å². The molecule has 1 rings (SSSR count). The first kappa shape index (κ1) is 14.1. The summed E-state index contributed by atoms with van der Waals surface area (Å²) in [6.07, 6.45) is 3.71. The van der Waals surface area contributed by atoms with Crippen LogP contribution in [-0.4, -0.2) is 24.1 Å². The molecule has 0 aromatic carbocycles. The zero-order valence-corrected chi connectivity index (χ0v) is 12.0. The molecule has 0 amide bonds. The van der Waals surface area contributed by atoms with Crippen LogP contribution in [0.4, 0.5) is 0 Å². The number of aryl methyl sites for hydroxylation is 1. The average Bonchev–Trinajstić information content (AvgIpc) is 2.81. The van der Waals surface area contributed by atoms with E-state index in [-0.39, 0.29) is 0 Å². The Hall–Kier alpha value is 0.01000. The van der Waals surface area contributed by atoms with Crippen LogP contribution in [0.3, 0.4) is 0 Å². The van der Waals surface area contributed by atoms with Crippen molar-refractivity contribution in [3.05, 3.63) is 22.4 Å². The van der Waals surface area contributed by atoms with Gasteiger partial charge >= 0.3 is 0 Å². The van der Waals surface area contributed by atoms with Crippen molar-refractivity contribution in [2.24, 2.45) is 0 Å². The van der Waals surface area contributed by atoms with Crippen molar-refractivity contribution in [1.29, 1.82) is 0 Å².